The summed E-state index contributed by atoms with van der Waals surface area (Å²) in [6.07, 6.45) is 1.10. The maximum Gasteiger partial charge on any atom is 0.293 e. The van der Waals surface area contributed by atoms with Gasteiger partial charge < -0.3 is 15.1 Å². The Kier molecular flexibility index (Phi) is 5.11. The fourth-order valence-electron chi connectivity index (χ4n) is 2.10. The zero-order valence-corrected chi connectivity index (χ0v) is 12.7. The SMILES string of the molecule is CCCNCc1cccc(NC(=O)c2oc(C)nc2C)c1. The molecule has 0 aliphatic rings. The highest BCUT2D eigenvalue weighted by Gasteiger charge is 2.15. The van der Waals surface area contributed by atoms with Gasteiger partial charge in [0.1, 0.15) is 0 Å². The van der Waals surface area contributed by atoms with E-state index in [4.69, 9.17) is 4.42 Å². The molecule has 1 aromatic carbocycles. The number of anilines is 1. The van der Waals surface area contributed by atoms with Gasteiger partial charge in [-0.05, 0) is 37.6 Å². The minimum Gasteiger partial charge on any atom is -0.436 e. The van der Waals surface area contributed by atoms with E-state index in [1.54, 1.807) is 13.8 Å². The zero-order chi connectivity index (χ0) is 15.2. The number of benzene rings is 1. The van der Waals surface area contributed by atoms with E-state index in [9.17, 15) is 4.79 Å². The van der Waals surface area contributed by atoms with Gasteiger partial charge in [-0.15, -0.1) is 0 Å². The van der Waals surface area contributed by atoms with Gasteiger partial charge in [-0.3, -0.25) is 4.79 Å². The van der Waals surface area contributed by atoms with E-state index in [1.807, 2.05) is 24.3 Å². The second kappa shape index (κ2) is 7.04. The van der Waals surface area contributed by atoms with Crippen LogP contribution in [0.5, 0.6) is 0 Å². The van der Waals surface area contributed by atoms with Crippen molar-refractivity contribution in [3.05, 3.63) is 47.2 Å². The molecule has 112 valence electrons. The number of carbonyl (C=O) groups excluding carboxylic acids is 1. The van der Waals surface area contributed by atoms with Gasteiger partial charge in [-0.2, -0.15) is 0 Å². The van der Waals surface area contributed by atoms with E-state index >= 15 is 0 Å². The molecule has 1 heterocycles. The van der Waals surface area contributed by atoms with Crippen molar-refractivity contribution in [3.8, 4) is 0 Å². The Hall–Kier alpha value is -2.14. The predicted molar refractivity (Wildman–Crippen MR) is 82.4 cm³/mol. The summed E-state index contributed by atoms with van der Waals surface area (Å²) < 4.78 is 5.32. The van der Waals surface area contributed by atoms with Gasteiger partial charge in [-0.1, -0.05) is 19.1 Å². The Balaban J connectivity index is 2.04. The Morgan fingerprint density at radius 3 is 2.81 bits per heavy atom. The molecule has 0 saturated heterocycles. The van der Waals surface area contributed by atoms with Crippen molar-refractivity contribution in [2.75, 3.05) is 11.9 Å². The number of hydrogen-bond acceptors (Lipinski definition) is 4. The van der Waals surface area contributed by atoms with E-state index < -0.39 is 0 Å². The monoisotopic (exact) mass is 287 g/mol. The predicted octanol–water partition coefficient (Wildman–Crippen LogP) is 3.04. The molecular formula is C16H21N3O2. The Morgan fingerprint density at radius 2 is 2.14 bits per heavy atom. The second-order valence-electron chi connectivity index (χ2n) is 4.98. The topological polar surface area (TPSA) is 67.2 Å². The molecule has 0 aliphatic heterocycles. The second-order valence-corrected chi connectivity index (χ2v) is 4.98. The number of nitrogens with zero attached hydrogens (tertiary/aromatic N) is 1. The smallest absolute Gasteiger partial charge is 0.293 e. The Morgan fingerprint density at radius 1 is 1.33 bits per heavy atom. The molecule has 0 radical (unpaired) electrons. The van der Waals surface area contributed by atoms with Gasteiger partial charge in [0.25, 0.3) is 5.91 Å². The van der Waals surface area contributed by atoms with Crippen LogP contribution in [0.2, 0.25) is 0 Å². The first-order valence-corrected chi connectivity index (χ1v) is 7.15. The maximum atomic E-state index is 12.2. The number of rotatable bonds is 6. The highest BCUT2D eigenvalue weighted by molar-refractivity contribution is 6.02. The third-order valence-electron chi connectivity index (χ3n) is 3.05. The van der Waals surface area contributed by atoms with Gasteiger partial charge in [0.05, 0.1) is 5.69 Å². The number of nitrogens with one attached hydrogen (secondary N) is 2. The van der Waals surface area contributed by atoms with Crippen LogP contribution in [0.25, 0.3) is 0 Å². The molecular weight excluding hydrogens is 266 g/mol. The third-order valence-corrected chi connectivity index (χ3v) is 3.05. The van der Waals surface area contributed by atoms with Crippen LogP contribution in [0.15, 0.2) is 28.7 Å². The molecule has 21 heavy (non-hydrogen) atoms. The van der Waals surface area contributed by atoms with E-state index in [2.05, 4.69) is 22.5 Å². The lowest BCUT2D eigenvalue weighted by Gasteiger charge is -2.07. The van der Waals surface area contributed by atoms with E-state index in [0.717, 1.165) is 30.8 Å². The minimum atomic E-state index is -0.272. The normalized spacial score (nSPS) is 10.6. The lowest BCUT2D eigenvalue weighted by atomic mass is 10.2. The molecule has 0 fully saturated rings. The van der Waals surface area contributed by atoms with E-state index in [-0.39, 0.29) is 11.7 Å². The molecule has 5 nitrogen and oxygen atoms in total. The number of carbonyl (C=O) groups is 1. The maximum absolute atomic E-state index is 12.2. The Labute approximate surface area is 124 Å². The molecule has 1 amide bonds. The van der Waals surface area contributed by atoms with Gasteiger partial charge in [0.15, 0.2) is 5.89 Å². The highest BCUT2D eigenvalue weighted by atomic mass is 16.4. The summed E-state index contributed by atoms with van der Waals surface area (Å²) in [6, 6.07) is 7.78. The Bertz CT molecular complexity index is 620. The van der Waals surface area contributed by atoms with Crippen LogP contribution in [-0.2, 0) is 6.54 Å². The van der Waals surface area contributed by atoms with Gasteiger partial charge in [0.2, 0.25) is 5.76 Å². The van der Waals surface area contributed by atoms with Gasteiger partial charge >= 0.3 is 0 Å². The van der Waals surface area contributed by atoms with Crippen LogP contribution in [0.4, 0.5) is 5.69 Å². The molecule has 0 aliphatic carbocycles. The van der Waals surface area contributed by atoms with Crippen LogP contribution >= 0.6 is 0 Å². The number of amides is 1. The molecule has 0 saturated carbocycles. The molecule has 2 aromatic rings. The van der Waals surface area contributed by atoms with Crippen molar-refractivity contribution in [2.24, 2.45) is 0 Å². The molecule has 5 heteroatoms. The van der Waals surface area contributed by atoms with Crippen LogP contribution in [-0.4, -0.2) is 17.4 Å². The molecule has 0 atom stereocenters. The quantitative estimate of drug-likeness (QED) is 0.801. The number of aromatic nitrogens is 1. The molecule has 0 bridgehead atoms. The van der Waals surface area contributed by atoms with Crippen LogP contribution in [0.3, 0.4) is 0 Å². The van der Waals surface area contributed by atoms with Crippen LogP contribution < -0.4 is 10.6 Å². The summed E-state index contributed by atoms with van der Waals surface area (Å²) in [6.45, 7) is 7.39. The number of aryl methyl sites for hydroxylation is 2. The van der Waals surface area contributed by atoms with Crippen molar-refractivity contribution in [3.63, 3.8) is 0 Å². The lowest BCUT2D eigenvalue weighted by Crippen LogP contribution is -2.15. The van der Waals surface area contributed by atoms with Crippen molar-refractivity contribution in [1.82, 2.24) is 10.3 Å². The molecule has 0 unspecified atom stereocenters. The zero-order valence-electron chi connectivity index (χ0n) is 12.7. The molecule has 0 spiro atoms. The summed E-state index contributed by atoms with van der Waals surface area (Å²) >= 11 is 0. The van der Waals surface area contributed by atoms with E-state index in [1.165, 1.54) is 0 Å². The summed E-state index contributed by atoms with van der Waals surface area (Å²) in [5.74, 6) is 0.490. The first-order chi connectivity index (χ1) is 10.1. The van der Waals surface area contributed by atoms with Gasteiger partial charge in [0, 0.05) is 19.2 Å². The molecule has 1 aromatic heterocycles. The third kappa shape index (κ3) is 4.16. The summed E-state index contributed by atoms with van der Waals surface area (Å²) in [5.41, 5.74) is 2.49. The minimum absolute atomic E-state index is 0.266. The number of oxazole rings is 1. The van der Waals surface area contributed by atoms with Crippen molar-refractivity contribution < 1.29 is 9.21 Å². The van der Waals surface area contributed by atoms with Crippen molar-refractivity contribution in [1.29, 1.82) is 0 Å². The average Bonchev–Trinajstić information content (AvgIpc) is 2.78. The van der Waals surface area contributed by atoms with Crippen molar-refractivity contribution in [2.45, 2.75) is 33.7 Å². The van der Waals surface area contributed by atoms with E-state index in [0.29, 0.717) is 11.6 Å². The largest absolute Gasteiger partial charge is 0.436 e. The first kappa shape index (κ1) is 15.3. The average molecular weight is 287 g/mol. The first-order valence-electron chi connectivity index (χ1n) is 7.15. The fraction of sp³-hybridized carbons (Fsp3) is 0.375. The van der Waals surface area contributed by atoms with Gasteiger partial charge in [-0.25, -0.2) is 4.98 Å². The summed E-state index contributed by atoms with van der Waals surface area (Å²) in [4.78, 5) is 16.3. The highest BCUT2D eigenvalue weighted by Crippen LogP contribution is 2.15. The molecule has 2 N–H and O–H groups in total. The standard InChI is InChI=1S/C16H21N3O2/c1-4-8-17-10-13-6-5-7-14(9-13)19-16(20)15-11(2)18-12(3)21-15/h5-7,9,17H,4,8,10H2,1-3H3,(H,19,20). The lowest BCUT2D eigenvalue weighted by molar-refractivity contribution is 0.0994. The van der Waals surface area contributed by atoms with Crippen LogP contribution in [0.1, 0.15) is 41.0 Å². The van der Waals surface area contributed by atoms with Crippen LogP contribution in [0, 0.1) is 13.8 Å². The number of hydrogen-bond donors (Lipinski definition) is 2. The van der Waals surface area contributed by atoms with Crippen molar-refractivity contribution >= 4 is 11.6 Å². The summed E-state index contributed by atoms with van der Waals surface area (Å²) in [7, 11) is 0. The molecule has 2 rings (SSSR count). The fourth-order valence-corrected chi connectivity index (χ4v) is 2.10. The summed E-state index contributed by atoms with van der Waals surface area (Å²) in [5, 5.41) is 6.18.